The van der Waals surface area contributed by atoms with Crippen LogP contribution in [0.5, 0.6) is 5.75 Å². The number of hydrogen-bond donors (Lipinski definition) is 5. The number of ether oxygens (including phenoxy) is 2. The standard InChI is InChI=1S/C27H25Cl2N3O8S/c1-39-18-10-16(15-7-5-14(12-30)6-8-15)9-17(11-18)26(35)32-23-25(34)24(33)20(40-27(23)36)13-31-41(37,38)21-4-2-3-19(28)22(21)29/h2-11,20,23-25,27,31,33-34,36H,13H2,1H3,(H,32,35)/t20-,23+,24-,25-,27+/m1/s1. The Hall–Kier alpha value is -3.25. The van der Waals surface area contributed by atoms with Crippen LogP contribution in [-0.4, -0.2) is 73.9 Å². The lowest BCUT2D eigenvalue weighted by Crippen LogP contribution is -2.65. The first-order chi connectivity index (χ1) is 19.4. The number of amides is 1. The van der Waals surface area contributed by atoms with Gasteiger partial charge in [-0.3, -0.25) is 4.79 Å². The number of benzene rings is 3. The Morgan fingerprint density at radius 1 is 1.05 bits per heavy atom. The number of nitrogens with one attached hydrogen (secondary N) is 2. The quantitative estimate of drug-likeness (QED) is 0.252. The zero-order valence-electron chi connectivity index (χ0n) is 21.4. The predicted molar refractivity (Wildman–Crippen MR) is 149 cm³/mol. The lowest BCUT2D eigenvalue weighted by molar-refractivity contribution is -0.243. The molecule has 216 valence electrons. The molecular weight excluding hydrogens is 597 g/mol. The molecule has 0 saturated carbocycles. The number of hydrogen-bond acceptors (Lipinski definition) is 9. The minimum Gasteiger partial charge on any atom is -0.497 e. The minimum absolute atomic E-state index is 0.0213. The Kier molecular flexibility index (Phi) is 9.53. The Bertz CT molecular complexity index is 1580. The van der Waals surface area contributed by atoms with Crippen LogP contribution in [0.4, 0.5) is 0 Å². The van der Waals surface area contributed by atoms with E-state index in [1.54, 1.807) is 36.4 Å². The van der Waals surface area contributed by atoms with Crippen molar-refractivity contribution in [2.75, 3.05) is 13.7 Å². The molecule has 14 heteroatoms. The summed E-state index contributed by atoms with van der Waals surface area (Å²) in [5.41, 5.74) is 1.89. The monoisotopic (exact) mass is 621 g/mol. The average Bonchev–Trinajstić information content (AvgIpc) is 2.97. The highest BCUT2D eigenvalue weighted by Crippen LogP contribution is 2.30. The maximum atomic E-state index is 13.1. The molecule has 1 aliphatic rings. The maximum absolute atomic E-state index is 13.1. The van der Waals surface area contributed by atoms with E-state index in [0.29, 0.717) is 22.4 Å². The number of carbonyl (C=O) groups is 1. The number of rotatable bonds is 8. The number of aliphatic hydroxyl groups is 3. The van der Waals surface area contributed by atoms with E-state index < -0.39 is 53.1 Å². The van der Waals surface area contributed by atoms with Crippen LogP contribution in [0.3, 0.4) is 0 Å². The molecule has 3 aromatic carbocycles. The normalized spacial score (nSPS) is 22.5. The zero-order chi connectivity index (χ0) is 29.9. The summed E-state index contributed by atoms with van der Waals surface area (Å²) in [6.45, 7) is -0.537. The molecule has 5 N–H and O–H groups in total. The van der Waals surface area contributed by atoms with Gasteiger partial charge in [-0.2, -0.15) is 5.26 Å². The summed E-state index contributed by atoms with van der Waals surface area (Å²) >= 11 is 11.9. The van der Waals surface area contributed by atoms with Gasteiger partial charge in [-0.05, 0) is 53.6 Å². The van der Waals surface area contributed by atoms with Gasteiger partial charge in [0.2, 0.25) is 10.0 Å². The molecule has 1 aliphatic heterocycles. The van der Waals surface area contributed by atoms with Crippen molar-refractivity contribution in [2.45, 2.75) is 35.5 Å². The number of methoxy groups -OCH3 is 1. The van der Waals surface area contributed by atoms with Gasteiger partial charge in [0.05, 0.1) is 28.8 Å². The van der Waals surface area contributed by atoms with Crippen molar-refractivity contribution >= 4 is 39.1 Å². The molecule has 0 bridgehead atoms. The second-order valence-electron chi connectivity index (χ2n) is 9.09. The Morgan fingerprint density at radius 2 is 1.76 bits per heavy atom. The van der Waals surface area contributed by atoms with Crippen molar-refractivity contribution < 1.29 is 38.0 Å². The summed E-state index contributed by atoms with van der Waals surface area (Å²) < 4.78 is 38.3. The van der Waals surface area contributed by atoms with Gasteiger partial charge in [0.15, 0.2) is 6.29 Å². The molecule has 4 rings (SSSR count). The highest BCUT2D eigenvalue weighted by Gasteiger charge is 2.45. The topological polar surface area (TPSA) is 178 Å². The molecular formula is C27H25Cl2N3O8S. The molecule has 0 radical (unpaired) electrons. The molecule has 1 fully saturated rings. The summed E-state index contributed by atoms with van der Waals surface area (Å²) in [6.07, 6.45) is -6.60. The molecule has 0 aliphatic carbocycles. The second-order valence-corrected chi connectivity index (χ2v) is 11.6. The fraction of sp³-hybridized carbons (Fsp3) is 0.259. The van der Waals surface area contributed by atoms with Gasteiger partial charge in [-0.25, -0.2) is 13.1 Å². The highest BCUT2D eigenvalue weighted by molar-refractivity contribution is 7.89. The Labute approximate surface area is 245 Å². The van der Waals surface area contributed by atoms with Crippen LogP contribution in [0.15, 0.2) is 65.6 Å². The van der Waals surface area contributed by atoms with E-state index >= 15 is 0 Å². The van der Waals surface area contributed by atoms with E-state index in [1.165, 1.54) is 31.4 Å². The lowest BCUT2D eigenvalue weighted by Gasteiger charge is -2.41. The predicted octanol–water partition coefficient (Wildman–Crippen LogP) is 2.06. The zero-order valence-corrected chi connectivity index (χ0v) is 23.7. The van der Waals surface area contributed by atoms with Gasteiger partial charge >= 0.3 is 0 Å². The van der Waals surface area contributed by atoms with Crippen LogP contribution in [0.25, 0.3) is 11.1 Å². The first-order valence-corrected chi connectivity index (χ1v) is 14.3. The number of halogens is 2. The van der Waals surface area contributed by atoms with Crippen molar-refractivity contribution in [3.8, 4) is 22.9 Å². The van der Waals surface area contributed by atoms with Crippen molar-refractivity contribution in [1.29, 1.82) is 5.26 Å². The van der Waals surface area contributed by atoms with Gasteiger partial charge in [0.25, 0.3) is 5.91 Å². The van der Waals surface area contributed by atoms with Crippen molar-refractivity contribution in [1.82, 2.24) is 10.0 Å². The lowest BCUT2D eigenvalue weighted by atomic mass is 9.96. The van der Waals surface area contributed by atoms with Gasteiger partial charge in [0.1, 0.15) is 35.0 Å². The number of carbonyl (C=O) groups excluding carboxylic acids is 1. The van der Waals surface area contributed by atoms with E-state index in [9.17, 15) is 28.5 Å². The first kappa shape index (κ1) is 30.7. The van der Waals surface area contributed by atoms with Crippen LogP contribution in [0.1, 0.15) is 15.9 Å². The minimum atomic E-state index is -4.20. The Balaban J connectivity index is 1.46. The first-order valence-electron chi connectivity index (χ1n) is 12.1. The molecule has 41 heavy (non-hydrogen) atoms. The summed E-state index contributed by atoms with van der Waals surface area (Å²) in [6, 6.07) is 16.0. The third kappa shape index (κ3) is 6.81. The van der Waals surface area contributed by atoms with E-state index in [0.717, 1.165) is 0 Å². The molecule has 11 nitrogen and oxygen atoms in total. The van der Waals surface area contributed by atoms with Crippen LogP contribution in [0, 0.1) is 11.3 Å². The average molecular weight is 622 g/mol. The van der Waals surface area contributed by atoms with Gasteiger partial charge in [-0.1, -0.05) is 41.4 Å². The third-order valence-corrected chi connectivity index (χ3v) is 8.85. The summed E-state index contributed by atoms with van der Waals surface area (Å²) in [5.74, 6) is -0.363. The molecule has 0 aromatic heterocycles. The van der Waals surface area contributed by atoms with Crippen LogP contribution >= 0.6 is 23.2 Å². The second kappa shape index (κ2) is 12.7. The number of aliphatic hydroxyl groups excluding tert-OH is 3. The van der Waals surface area contributed by atoms with Gasteiger partial charge in [0, 0.05) is 12.1 Å². The molecule has 1 amide bonds. The van der Waals surface area contributed by atoms with Crippen molar-refractivity contribution in [2.24, 2.45) is 0 Å². The van der Waals surface area contributed by atoms with Crippen LogP contribution < -0.4 is 14.8 Å². The van der Waals surface area contributed by atoms with Gasteiger partial charge in [-0.15, -0.1) is 0 Å². The van der Waals surface area contributed by atoms with E-state index in [1.807, 2.05) is 6.07 Å². The van der Waals surface area contributed by atoms with Crippen molar-refractivity contribution in [3.63, 3.8) is 0 Å². The molecule has 1 heterocycles. The molecule has 1 saturated heterocycles. The molecule has 5 atom stereocenters. The molecule has 0 unspecified atom stereocenters. The van der Waals surface area contributed by atoms with E-state index in [-0.39, 0.29) is 20.5 Å². The number of nitriles is 1. The summed E-state index contributed by atoms with van der Waals surface area (Å²) in [5, 5.41) is 43.2. The van der Waals surface area contributed by atoms with Gasteiger partial charge < -0.3 is 30.1 Å². The summed E-state index contributed by atoms with van der Waals surface area (Å²) in [4.78, 5) is 12.8. The number of sulfonamides is 1. The Morgan fingerprint density at radius 3 is 2.41 bits per heavy atom. The van der Waals surface area contributed by atoms with Crippen LogP contribution in [0.2, 0.25) is 10.0 Å². The largest absolute Gasteiger partial charge is 0.497 e. The summed E-state index contributed by atoms with van der Waals surface area (Å²) in [7, 11) is -2.77. The SMILES string of the molecule is COc1cc(C(=O)N[C@H]2[C@@H](O)[C@H](O)[C@@H](CNS(=O)(=O)c3cccc(Cl)c3Cl)O[C@@H]2O)cc(-c2ccc(C#N)cc2)c1. The van der Waals surface area contributed by atoms with Crippen LogP contribution in [-0.2, 0) is 14.8 Å². The van der Waals surface area contributed by atoms with E-state index in [2.05, 4.69) is 10.0 Å². The van der Waals surface area contributed by atoms with E-state index in [4.69, 9.17) is 37.9 Å². The molecule has 3 aromatic rings. The maximum Gasteiger partial charge on any atom is 0.251 e. The molecule has 0 spiro atoms. The number of nitrogens with zero attached hydrogens (tertiary/aromatic N) is 1. The fourth-order valence-corrected chi connectivity index (χ4v) is 6.02. The third-order valence-electron chi connectivity index (χ3n) is 6.45. The highest BCUT2D eigenvalue weighted by atomic mass is 35.5. The van der Waals surface area contributed by atoms with Crippen molar-refractivity contribution in [3.05, 3.63) is 81.8 Å². The smallest absolute Gasteiger partial charge is 0.251 e. The fourth-order valence-electron chi connectivity index (χ4n) is 4.22.